The van der Waals surface area contributed by atoms with Crippen LogP contribution in [0.3, 0.4) is 0 Å². The number of likely N-dealkylation sites (tertiary alicyclic amines) is 2. The summed E-state index contributed by atoms with van der Waals surface area (Å²) in [5, 5.41) is 0. The number of amides is 4. The van der Waals surface area contributed by atoms with Crippen LogP contribution in [-0.2, 0) is 25.7 Å². The van der Waals surface area contributed by atoms with Crippen LogP contribution in [0.4, 0.5) is 0 Å². The minimum Gasteiger partial charge on any atom is -0.279 e. The number of carbonyl (C=O) groups is 4. The molecule has 0 spiro atoms. The van der Waals surface area contributed by atoms with E-state index in [2.05, 4.69) is 0 Å². The molecule has 0 radical (unpaired) electrons. The van der Waals surface area contributed by atoms with Crippen molar-refractivity contribution in [2.75, 3.05) is 0 Å². The van der Waals surface area contributed by atoms with E-state index in [1.807, 2.05) is 71.9 Å². The molecule has 202 valence electrons. The van der Waals surface area contributed by atoms with E-state index in [9.17, 15) is 19.2 Å². The molecule has 2 aliphatic heterocycles. The van der Waals surface area contributed by atoms with Gasteiger partial charge in [0.15, 0.2) is 0 Å². The maximum Gasteiger partial charge on any atom is 0.234 e. The standard InChI is InChI=1S/C31H44N2O4/c1-7-30(3,4)24-22(26(34)32(28(24)36)19-20-15-11-9-12-16-20)23-25(31(5,6)8-2)29(37)33(27(23)35)21-17-13-10-14-18-21/h9,11-12,15-16,21-25H,7-8,10,13-14,17-19H2,1-6H3. The van der Waals surface area contributed by atoms with Crippen LogP contribution in [0.5, 0.6) is 0 Å². The molecule has 0 aromatic heterocycles. The summed E-state index contributed by atoms with van der Waals surface area (Å²) < 4.78 is 0. The second-order valence-electron chi connectivity index (χ2n) is 12.8. The number of nitrogens with zero attached hydrogens (tertiary/aromatic N) is 2. The molecule has 4 amide bonds. The molecular formula is C31H44N2O4. The molecule has 3 fully saturated rings. The fourth-order valence-electron chi connectivity index (χ4n) is 6.89. The first kappa shape index (κ1) is 27.5. The van der Waals surface area contributed by atoms with Gasteiger partial charge in [0.2, 0.25) is 23.6 Å². The Hall–Kier alpha value is -2.50. The first-order chi connectivity index (χ1) is 17.5. The Morgan fingerprint density at radius 1 is 0.703 bits per heavy atom. The van der Waals surface area contributed by atoms with Crippen LogP contribution in [-0.4, -0.2) is 39.5 Å². The van der Waals surface area contributed by atoms with Crippen LogP contribution in [0.1, 0.15) is 92.1 Å². The van der Waals surface area contributed by atoms with Gasteiger partial charge in [-0.25, -0.2) is 0 Å². The van der Waals surface area contributed by atoms with Gasteiger partial charge in [0.05, 0.1) is 30.2 Å². The second kappa shape index (κ2) is 10.3. The monoisotopic (exact) mass is 508 g/mol. The zero-order valence-corrected chi connectivity index (χ0v) is 23.5. The first-order valence-corrected chi connectivity index (χ1v) is 14.2. The third-order valence-electron chi connectivity index (χ3n) is 9.84. The molecule has 3 aliphatic rings. The molecular weight excluding hydrogens is 464 g/mol. The number of benzene rings is 1. The highest BCUT2D eigenvalue weighted by atomic mass is 16.2. The smallest absolute Gasteiger partial charge is 0.234 e. The van der Waals surface area contributed by atoms with E-state index in [0.29, 0.717) is 12.8 Å². The highest BCUT2D eigenvalue weighted by Gasteiger charge is 2.65. The van der Waals surface area contributed by atoms with Crippen LogP contribution in [0.15, 0.2) is 30.3 Å². The Kier molecular flexibility index (Phi) is 7.69. The third kappa shape index (κ3) is 4.77. The molecule has 1 aliphatic carbocycles. The zero-order chi connectivity index (χ0) is 27.1. The van der Waals surface area contributed by atoms with E-state index < -0.39 is 34.5 Å². The van der Waals surface area contributed by atoms with Gasteiger partial charge < -0.3 is 0 Å². The number of carbonyl (C=O) groups excluding carboxylic acids is 4. The van der Waals surface area contributed by atoms with Crippen LogP contribution in [0.2, 0.25) is 0 Å². The van der Waals surface area contributed by atoms with E-state index >= 15 is 0 Å². The van der Waals surface area contributed by atoms with Gasteiger partial charge in [0.25, 0.3) is 0 Å². The summed E-state index contributed by atoms with van der Waals surface area (Å²) in [5.74, 6) is -3.76. The molecule has 4 unspecified atom stereocenters. The van der Waals surface area contributed by atoms with Crippen molar-refractivity contribution in [3.8, 4) is 0 Å². The summed E-state index contributed by atoms with van der Waals surface area (Å²) in [6.07, 6.45) is 6.18. The van der Waals surface area contributed by atoms with Crippen LogP contribution in [0.25, 0.3) is 0 Å². The Morgan fingerprint density at radius 3 is 1.76 bits per heavy atom. The van der Waals surface area contributed by atoms with Gasteiger partial charge in [-0.1, -0.05) is 104 Å². The van der Waals surface area contributed by atoms with Crippen LogP contribution >= 0.6 is 0 Å². The highest BCUT2D eigenvalue weighted by molar-refractivity contribution is 6.12. The molecule has 1 saturated carbocycles. The zero-order valence-electron chi connectivity index (χ0n) is 23.5. The van der Waals surface area contributed by atoms with Crippen molar-refractivity contribution in [1.29, 1.82) is 0 Å². The average molecular weight is 509 g/mol. The van der Waals surface area contributed by atoms with Gasteiger partial charge in [-0.05, 0) is 29.2 Å². The Labute approximate surface area is 222 Å². The lowest BCUT2D eigenvalue weighted by Gasteiger charge is -2.38. The topological polar surface area (TPSA) is 74.8 Å². The number of rotatable bonds is 8. The van der Waals surface area contributed by atoms with Crippen molar-refractivity contribution in [1.82, 2.24) is 9.80 Å². The second-order valence-corrected chi connectivity index (χ2v) is 12.8. The summed E-state index contributed by atoms with van der Waals surface area (Å²) >= 11 is 0. The highest BCUT2D eigenvalue weighted by Crippen LogP contribution is 2.53. The van der Waals surface area contributed by atoms with Gasteiger partial charge in [0.1, 0.15) is 0 Å². The molecule has 6 nitrogen and oxygen atoms in total. The van der Waals surface area contributed by atoms with Crippen molar-refractivity contribution < 1.29 is 19.2 Å². The summed E-state index contributed by atoms with van der Waals surface area (Å²) in [4.78, 5) is 59.4. The van der Waals surface area contributed by atoms with Crippen LogP contribution < -0.4 is 0 Å². The Morgan fingerprint density at radius 2 is 1.22 bits per heavy atom. The Bertz CT molecular complexity index is 1040. The fourth-order valence-corrected chi connectivity index (χ4v) is 6.89. The minimum absolute atomic E-state index is 0.0980. The number of hydrogen-bond acceptors (Lipinski definition) is 4. The molecule has 0 N–H and O–H groups in total. The summed E-state index contributed by atoms with van der Waals surface area (Å²) in [6, 6.07) is 9.42. The Balaban J connectivity index is 1.81. The van der Waals surface area contributed by atoms with Crippen molar-refractivity contribution in [3.63, 3.8) is 0 Å². The molecule has 4 rings (SSSR count). The fraction of sp³-hybridized carbons (Fsp3) is 0.677. The predicted molar refractivity (Wildman–Crippen MR) is 143 cm³/mol. The van der Waals surface area contributed by atoms with Gasteiger partial charge in [0, 0.05) is 6.04 Å². The molecule has 4 atom stereocenters. The van der Waals surface area contributed by atoms with E-state index in [1.165, 1.54) is 9.80 Å². The predicted octanol–water partition coefficient (Wildman–Crippen LogP) is 5.59. The average Bonchev–Trinajstić information content (AvgIpc) is 3.29. The van der Waals surface area contributed by atoms with Crippen molar-refractivity contribution in [3.05, 3.63) is 35.9 Å². The first-order valence-electron chi connectivity index (χ1n) is 14.2. The normalized spacial score (nSPS) is 28.1. The van der Waals surface area contributed by atoms with E-state index in [-0.39, 0.29) is 36.2 Å². The number of hydrogen-bond donors (Lipinski definition) is 0. The lowest BCUT2D eigenvalue weighted by atomic mass is 9.61. The van der Waals surface area contributed by atoms with Gasteiger partial charge >= 0.3 is 0 Å². The quantitative estimate of drug-likeness (QED) is 0.429. The van der Waals surface area contributed by atoms with Crippen LogP contribution in [0, 0.1) is 34.5 Å². The molecule has 6 heteroatoms. The SMILES string of the molecule is CCC(C)(C)C1C(=O)N(Cc2ccccc2)C(=O)C1C1C(=O)N(C2CCCCC2)C(=O)C1C(C)(C)CC. The maximum absolute atomic E-state index is 14.3. The van der Waals surface area contributed by atoms with E-state index in [0.717, 1.165) is 37.7 Å². The van der Waals surface area contributed by atoms with Gasteiger partial charge in [-0.3, -0.25) is 29.0 Å². The molecule has 2 heterocycles. The molecule has 1 aromatic carbocycles. The third-order valence-corrected chi connectivity index (χ3v) is 9.84. The maximum atomic E-state index is 14.3. The molecule has 37 heavy (non-hydrogen) atoms. The van der Waals surface area contributed by atoms with Crippen molar-refractivity contribution >= 4 is 23.6 Å². The molecule has 1 aromatic rings. The van der Waals surface area contributed by atoms with Crippen molar-refractivity contribution in [2.24, 2.45) is 34.5 Å². The van der Waals surface area contributed by atoms with Gasteiger partial charge in [-0.15, -0.1) is 0 Å². The molecule has 2 saturated heterocycles. The molecule has 0 bridgehead atoms. The minimum atomic E-state index is -0.827. The summed E-state index contributed by atoms with van der Waals surface area (Å²) in [7, 11) is 0. The van der Waals surface area contributed by atoms with E-state index in [4.69, 9.17) is 0 Å². The van der Waals surface area contributed by atoms with E-state index in [1.54, 1.807) is 0 Å². The number of imide groups is 2. The lowest BCUT2D eigenvalue weighted by molar-refractivity contribution is -0.146. The largest absolute Gasteiger partial charge is 0.279 e. The summed E-state index contributed by atoms with van der Waals surface area (Å²) in [6.45, 7) is 12.3. The van der Waals surface area contributed by atoms with Crippen molar-refractivity contribution in [2.45, 2.75) is 99.1 Å². The lowest BCUT2D eigenvalue weighted by Crippen LogP contribution is -2.44. The summed E-state index contributed by atoms with van der Waals surface area (Å²) in [5.41, 5.74) is -0.0931. The van der Waals surface area contributed by atoms with Gasteiger partial charge in [-0.2, -0.15) is 0 Å².